The summed E-state index contributed by atoms with van der Waals surface area (Å²) in [5.41, 5.74) is 0.834. The molecule has 0 aromatic rings. The van der Waals surface area contributed by atoms with Gasteiger partial charge in [0.1, 0.15) is 17.3 Å². The van der Waals surface area contributed by atoms with Crippen LogP contribution in [-0.2, 0) is 14.4 Å². The van der Waals surface area contributed by atoms with Crippen LogP contribution in [0.15, 0.2) is 0 Å². The van der Waals surface area contributed by atoms with Crippen molar-refractivity contribution in [2.75, 3.05) is 0 Å². The van der Waals surface area contributed by atoms with E-state index in [-0.39, 0.29) is 16.2 Å². The molecule has 0 N–H and O–H groups in total. The van der Waals surface area contributed by atoms with Crippen molar-refractivity contribution >= 4 is 17.3 Å². The maximum absolute atomic E-state index is 12.6. The number of unbranched alkanes of at least 4 members (excludes halogenated alkanes) is 3. The Labute approximate surface area is 209 Å². The van der Waals surface area contributed by atoms with Crippen molar-refractivity contribution in [2.45, 2.75) is 156 Å². The third kappa shape index (κ3) is 7.26. The largest absolute Gasteiger partial charge is 0.300 e. The molecule has 194 valence electrons. The molecule has 0 amide bonds. The Kier molecular flexibility index (Phi) is 9.99. The maximum atomic E-state index is 12.6. The first-order valence-corrected chi connectivity index (χ1v) is 14.8. The summed E-state index contributed by atoms with van der Waals surface area (Å²) < 4.78 is 0. The normalized spacial score (nSPS) is 31.7. The third-order valence-electron chi connectivity index (χ3n) is 9.65. The molecule has 0 unspecified atom stereocenters. The second-order valence-electron chi connectivity index (χ2n) is 12.9. The van der Waals surface area contributed by atoms with Gasteiger partial charge in [-0.2, -0.15) is 0 Å². The van der Waals surface area contributed by atoms with Crippen LogP contribution >= 0.6 is 0 Å². The summed E-state index contributed by atoms with van der Waals surface area (Å²) in [6.07, 6.45) is 21.4. The first kappa shape index (κ1) is 27.6. The molecule has 3 nitrogen and oxygen atoms in total. The van der Waals surface area contributed by atoms with Crippen molar-refractivity contribution in [3.05, 3.63) is 0 Å². The summed E-state index contributed by atoms with van der Waals surface area (Å²) in [6, 6.07) is 0. The smallest absolute Gasteiger partial charge is 0.132 e. The summed E-state index contributed by atoms with van der Waals surface area (Å²) in [5, 5.41) is 0. The minimum Gasteiger partial charge on any atom is -0.300 e. The predicted molar refractivity (Wildman–Crippen MR) is 140 cm³/mol. The zero-order chi connectivity index (χ0) is 24.7. The molecule has 4 fully saturated rings. The molecule has 0 heterocycles. The van der Waals surface area contributed by atoms with Crippen LogP contribution < -0.4 is 0 Å². The lowest BCUT2D eigenvalue weighted by Crippen LogP contribution is -2.57. The molecule has 34 heavy (non-hydrogen) atoms. The van der Waals surface area contributed by atoms with Gasteiger partial charge in [0.25, 0.3) is 0 Å². The lowest BCUT2D eigenvalue weighted by Gasteiger charge is -2.67. The molecular formula is C31H52O3. The Hall–Kier alpha value is -0.990. The summed E-state index contributed by atoms with van der Waals surface area (Å²) in [4.78, 5) is 37.8. The van der Waals surface area contributed by atoms with Crippen LogP contribution in [0.25, 0.3) is 0 Å². The first-order valence-electron chi connectivity index (χ1n) is 14.8. The minimum absolute atomic E-state index is 0.278. The Morgan fingerprint density at radius 2 is 0.824 bits per heavy atom. The monoisotopic (exact) mass is 472 g/mol. The Morgan fingerprint density at radius 3 is 1.09 bits per heavy atom. The lowest BCUT2D eigenvalue weighted by molar-refractivity contribution is -0.171. The van der Waals surface area contributed by atoms with Gasteiger partial charge < -0.3 is 0 Å². The predicted octanol–water partition coefficient (Wildman–Crippen LogP) is 8.56. The van der Waals surface area contributed by atoms with E-state index in [2.05, 4.69) is 20.8 Å². The van der Waals surface area contributed by atoms with Crippen LogP contribution in [0, 0.1) is 22.2 Å². The number of ketones is 3. The molecule has 0 saturated heterocycles. The molecule has 3 heteroatoms. The van der Waals surface area contributed by atoms with Gasteiger partial charge in [-0.05, 0) is 99.2 Å². The highest BCUT2D eigenvalue weighted by Gasteiger charge is 2.62. The zero-order valence-electron chi connectivity index (χ0n) is 22.7. The number of hydrogen-bond acceptors (Lipinski definition) is 3. The fourth-order valence-corrected chi connectivity index (χ4v) is 8.61. The number of Topliss-reactive ketones (excluding diaryl/α,β-unsaturated/α-hetero) is 3. The van der Waals surface area contributed by atoms with E-state index >= 15 is 0 Å². The minimum atomic E-state index is 0.278. The van der Waals surface area contributed by atoms with Crippen LogP contribution in [0.2, 0.25) is 0 Å². The van der Waals surface area contributed by atoms with E-state index in [0.29, 0.717) is 17.3 Å². The third-order valence-corrected chi connectivity index (χ3v) is 9.65. The van der Waals surface area contributed by atoms with Crippen LogP contribution in [0.5, 0.6) is 0 Å². The van der Waals surface area contributed by atoms with E-state index < -0.39 is 0 Å². The van der Waals surface area contributed by atoms with Crippen molar-refractivity contribution in [3.63, 3.8) is 0 Å². The molecule has 4 saturated carbocycles. The molecular weight excluding hydrogens is 420 g/mol. The second kappa shape index (κ2) is 12.3. The number of rotatable bonds is 18. The number of carbonyl (C=O) groups excluding carboxylic acids is 3. The van der Waals surface area contributed by atoms with E-state index in [1.807, 2.05) is 0 Å². The zero-order valence-corrected chi connectivity index (χ0v) is 22.7. The molecule has 0 spiro atoms. The van der Waals surface area contributed by atoms with Gasteiger partial charge >= 0.3 is 0 Å². The lowest BCUT2D eigenvalue weighted by atomic mass is 9.37. The van der Waals surface area contributed by atoms with Gasteiger partial charge in [-0.1, -0.05) is 40.0 Å². The van der Waals surface area contributed by atoms with E-state index in [9.17, 15) is 14.4 Å². The summed E-state index contributed by atoms with van der Waals surface area (Å²) in [7, 11) is 0. The van der Waals surface area contributed by atoms with E-state index in [4.69, 9.17) is 0 Å². The van der Waals surface area contributed by atoms with E-state index in [1.54, 1.807) is 0 Å². The average Bonchev–Trinajstić information content (AvgIpc) is 2.80. The second-order valence-corrected chi connectivity index (χ2v) is 12.9. The summed E-state index contributed by atoms with van der Waals surface area (Å²) in [5.74, 6) is 2.08. The highest BCUT2D eigenvalue weighted by Crippen LogP contribution is 2.73. The molecule has 4 rings (SSSR count). The van der Waals surface area contributed by atoms with Crippen LogP contribution in [-0.4, -0.2) is 17.3 Å². The molecule has 0 aliphatic heterocycles. The van der Waals surface area contributed by atoms with Gasteiger partial charge in [-0.25, -0.2) is 0 Å². The van der Waals surface area contributed by atoms with Crippen LogP contribution in [0.4, 0.5) is 0 Å². The van der Waals surface area contributed by atoms with E-state index in [1.165, 1.54) is 38.5 Å². The van der Waals surface area contributed by atoms with Gasteiger partial charge in [0, 0.05) is 38.5 Å². The standard InChI is InChI=1S/C31H52O3/c1-4-7-10-26(32)13-16-29-19-25-20-30(22-29,17-14-27(33)11-8-5-2)24-31(21-25,23-29)18-15-28(34)12-9-6-3/h25H,4-24H2,1-3H3. The van der Waals surface area contributed by atoms with Crippen molar-refractivity contribution in [1.82, 2.24) is 0 Å². The topological polar surface area (TPSA) is 51.2 Å². The van der Waals surface area contributed by atoms with Gasteiger partial charge in [0.05, 0.1) is 0 Å². The van der Waals surface area contributed by atoms with E-state index in [0.717, 1.165) is 102 Å². The SMILES string of the molecule is CCCCC(=O)CCC12CC3CC(CCC(=O)CCCC)(C1)CC(CCC(=O)CCCC)(C3)C2. The molecule has 0 aromatic heterocycles. The molecule has 0 atom stereocenters. The Balaban J connectivity index is 1.72. The molecule has 4 aliphatic rings. The summed E-state index contributed by atoms with van der Waals surface area (Å²) >= 11 is 0. The number of carbonyl (C=O) groups is 3. The molecule has 4 bridgehead atoms. The van der Waals surface area contributed by atoms with Crippen molar-refractivity contribution in [1.29, 1.82) is 0 Å². The van der Waals surface area contributed by atoms with Gasteiger partial charge in [0.15, 0.2) is 0 Å². The maximum Gasteiger partial charge on any atom is 0.132 e. The Morgan fingerprint density at radius 1 is 0.529 bits per heavy atom. The molecule has 4 aliphatic carbocycles. The fraction of sp³-hybridized carbons (Fsp3) is 0.903. The van der Waals surface area contributed by atoms with Crippen LogP contribution in [0.1, 0.15) is 156 Å². The Bertz CT molecular complexity index is 604. The molecule has 0 radical (unpaired) electrons. The van der Waals surface area contributed by atoms with Crippen LogP contribution in [0.3, 0.4) is 0 Å². The highest BCUT2D eigenvalue weighted by molar-refractivity contribution is 5.79. The quantitative estimate of drug-likeness (QED) is 0.201. The van der Waals surface area contributed by atoms with Gasteiger partial charge in [0.2, 0.25) is 0 Å². The number of hydrogen-bond donors (Lipinski definition) is 0. The van der Waals surface area contributed by atoms with Crippen molar-refractivity contribution in [3.8, 4) is 0 Å². The fourth-order valence-electron chi connectivity index (χ4n) is 8.61. The summed E-state index contributed by atoms with van der Waals surface area (Å²) in [6.45, 7) is 6.47. The van der Waals surface area contributed by atoms with Gasteiger partial charge in [-0.3, -0.25) is 14.4 Å². The van der Waals surface area contributed by atoms with Crippen molar-refractivity contribution < 1.29 is 14.4 Å². The van der Waals surface area contributed by atoms with Gasteiger partial charge in [-0.15, -0.1) is 0 Å². The average molecular weight is 473 g/mol. The highest BCUT2D eigenvalue weighted by atomic mass is 16.1. The first-order chi connectivity index (χ1) is 16.3. The van der Waals surface area contributed by atoms with Crippen molar-refractivity contribution in [2.24, 2.45) is 22.2 Å². The molecule has 0 aromatic carbocycles.